The number of aromatic nitrogens is 5. The summed E-state index contributed by atoms with van der Waals surface area (Å²) in [5.41, 5.74) is 4.86. The lowest BCUT2D eigenvalue weighted by Crippen LogP contribution is -2.42. The third kappa shape index (κ3) is 5.75. The SMILES string of the molecule is Cl.c1cc(CN2CCNCC2)cc(Nc2nc3ccc(-c4cc(OCC5CCC5)ncn4)cc3[nH]2)n1. The molecule has 2 aliphatic rings. The van der Waals surface area contributed by atoms with Crippen molar-refractivity contribution in [3.05, 3.63) is 54.5 Å². The smallest absolute Gasteiger partial charge is 0.216 e. The van der Waals surface area contributed by atoms with E-state index in [9.17, 15) is 0 Å². The number of imidazole rings is 1. The van der Waals surface area contributed by atoms with Gasteiger partial charge in [-0.25, -0.2) is 19.9 Å². The topological polar surface area (TPSA) is 104 Å². The third-order valence-electron chi connectivity index (χ3n) is 6.80. The number of halogens is 1. The summed E-state index contributed by atoms with van der Waals surface area (Å²) in [5.74, 6) is 2.73. The quantitative estimate of drug-likeness (QED) is 0.327. The van der Waals surface area contributed by atoms with Crippen LogP contribution in [0.4, 0.5) is 11.8 Å². The van der Waals surface area contributed by atoms with E-state index in [-0.39, 0.29) is 12.4 Å². The number of nitrogens with one attached hydrogen (secondary N) is 3. The molecule has 0 unspecified atom stereocenters. The largest absolute Gasteiger partial charge is 0.477 e. The molecule has 2 fully saturated rings. The van der Waals surface area contributed by atoms with E-state index in [4.69, 9.17) is 4.74 Å². The molecule has 4 aromatic rings. The molecule has 0 spiro atoms. The fourth-order valence-corrected chi connectivity index (χ4v) is 4.56. The highest BCUT2D eigenvalue weighted by molar-refractivity contribution is 5.85. The molecule has 1 saturated carbocycles. The molecule has 10 heteroatoms. The number of benzene rings is 1. The standard InChI is InChI=1S/C26H30N8O.ClH/c1-2-18(3-1)16-35-25-14-22(29-17-30-25)20-4-5-21-23(13-20)32-26(31-21)33-24-12-19(6-7-28-24)15-34-10-8-27-9-11-34;/h4-7,12-14,17-18,27H,1-3,8-11,15-16H2,(H2,28,31,32,33);1H. The summed E-state index contributed by atoms with van der Waals surface area (Å²) in [6, 6.07) is 12.1. The van der Waals surface area contributed by atoms with Crippen LogP contribution in [-0.2, 0) is 6.54 Å². The van der Waals surface area contributed by atoms with E-state index in [1.165, 1.54) is 24.8 Å². The second kappa shape index (κ2) is 11.2. The number of hydrogen-bond acceptors (Lipinski definition) is 8. The molecule has 0 radical (unpaired) electrons. The first-order valence-corrected chi connectivity index (χ1v) is 12.4. The van der Waals surface area contributed by atoms with Crippen molar-refractivity contribution < 1.29 is 4.74 Å². The number of anilines is 2. The van der Waals surface area contributed by atoms with Gasteiger partial charge in [0, 0.05) is 50.6 Å². The molecular weight excluding hydrogens is 476 g/mol. The van der Waals surface area contributed by atoms with Crippen LogP contribution >= 0.6 is 12.4 Å². The number of nitrogens with zero attached hydrogens (tertiary/aromatic N) is 5. The lowest BCUT2D eigenvalue weighted by atomic mass is 9.86. The van der Waals surface area contributed by atoms with Crippen LogP contribution < -0.4 is 15.4 Å². The summed E-state index contributed by atoms with van der Waals surface area (Å²) in [4.78, 5) is 23.7. The summed E-state index contributed by atoms with van der Waals surface area (Å²) in [6.07, 6.45) is 7.22. The van der Waals surface area contributed by atoms with Crippen molar-refractivity contribution in [3.63, 3.8) is 0 Å². The van der Waals surface area contributed by atoms with Gasteiger partial charge in [0.1, 0.15) is 12.1 Å². The van der Waals surface area contributed by atoms with Crippen molar-refractivity contribution in [3.8, 4) is 17.1 Å². The van der Waals surface area contributed by atoms with Crippen LogP contribution in [0.3, 0.4) is 0 Å². The van der Waals surface area contributed by atoms with Gasteiger partial charge in [-0.05, 0) is 48.6 Å². The molecule has 0 amide bonds. The van der Waals surface area contributed by atoms with E-state index < -0.39 is 0 Å². The summed E-state index contributed by atoms with van der Waals surface area (Å²) < 4.78 is 5.89. The van der Waals surface area contributed by atoms with E-state index in [0.717, 1.165) is 67.4 Å². The maximum Gasteiger partial charge on any atom is 0.216 e. The van der Waals surface area contributed by atoms with Crippen molar-refractivity contribution in [2.75, 3.05) is 38.1 Å². The van der Waals surface area contributed by atoms with Crippen LogP contribution in [0.2, 0.25) is 0 Å². The van der Waals surface area contributed by atoms with Gasteiger partial charge >= 0.3 is 0 Å². The van der Waals surface area contributed by atoms with Gasteiger partial charge in [-0.3, -0.25) is 4.90 Å². The number of hydrogen-bond donors (Lipinski definition) is 3. The van der Waals surface area contributed by atoms with Crippen molar-refractivity contribution in [2.45, 2.75) is 25.8 Å². The van der Waals surface area contributed by atoms with Crippen LogP contribution in [0, 0.1) is 5.92 Å². The summed E-state index contributed by atoms with van der Waals surface area (Å²) in [6.45, 7) is 5.88. The molecule has 6 rings (SSSR count). The van der Waals surface area contributed by atoms with Crippen LogP contribution in [0.1, 0.15) is 24.8 Å². The molecule has 0 atom stereocenters. The molecule has 3 aromatic heterocycles. The second-order valence-electron chi connectivity index (χ2n) is 9.37. The number of piperazine rings is 1. The van der Waals surface area contributed by atoms with Gasteiger partial charge in [-0.2, -0.15) is 0 Å². The minimum absolute atomic E-state index is 0. The van der Waals surface area contributed by atoms with E-state index >= 15 is 0 Å². The van der Waals surface area contributed by atoms with Crippen molar-refractivity contribution in [2.24, 2.45) is 5.92 Å². The van der Waals surface area contributed by atoms with Crippen LogP contribution in [0.15, 0.2) is 48.9 Å². The average Bonchev–Trinajstić information content (AvgIpc) is 3.25. The van der Waals surface area contributed by atoms with Gasteiger partial charge in [-0.15, -0.1) is 12.4 Å². The molecule has 0 bridgehead atoms. The zero-order chi connectivity index (χ0) is 23.5. The highest BCUT2D eigenvalue weighted by Gasteiger charge is 2.18. The Labute approximate surface area is 216 Å². The lowest BCUT2D eigenvalue weighted by Gasteiger charge is -2.27. The Kier molecular flexibility index (Phi) is 7.60. The molecule has 1 aliphatic heterocycles. The number of H-pyrrole nitrogens is 1. The first-order valence-electron chi connectivity index (χ1n) is 12.4. The van der Waals surface area contributed by atoms with E-state index in [1.54, 1.807) is 6.33 Å². The Morgan fingerprint density at radius 3 is 2.75 bits per heavy atom. The molecule has 1 saturated heterocycles. The van der Waals surface area contributed by atoms with Gasteiger partial charge in [0.2, 0.25) is 11.8 Å². The Hall–Kier alpha value is -3.27. The fraction of sp³-hybridized carbons (Fsp3) is 0.385. The van der Waals surface area contributed by atoms with Gasteiger partial charge in [0.15, 0.2) is 0 Å². The average molecular weight is 507 g/mol. The Morgan fingerprint density at radius 2 is 1.92 bits per heavy atom. The summed E-state index contributed by atoms with van der Waals surface area (Å²) in [7, 11) is 0. The zero-order valence-corrected chi connectivity index (χ0v) is 20.9. The number of fused-ring (bicyclic) bond motifs is 1. The molecule has 36 heavy (non-hydrogen) atoms. The number of ether oxygens (including phenoxy) is 1. The Balaban J connectivity index is 0.00000267. The predicted octanol–water partition coefficient (Wildman–Crippen LogP) is 4.16. The highest BCUT2D eigenvalue weighted by atomic mass is 35.5. The molecule has 9 nitrogen and oxygen atoms in total. The van der Waals surface area contributed by atoms with Crippen molar-refractivity contribution in [1.82, 2.24) is 35.1 Å². The monoisotopic (exact) mass is 506 g/mol. The summed E-state index contributed by atoms with van der Waals surface area (Å²) >= 11 is 0. The Morgan fingerprint density at radius 1 is 1.03 bits per heavy atom. The molecular formula is C26H31ClN8O. The molecule has 4 heterocycles. The maximum atomic E-state index is 5.89. The van der Waals surface area contributed by atoms with Crippen molar-refractivity contribution in [1.29, 1.82) is 0 Å². The van der Waals surface area contributed by atoms with Gasteiger partial charge < -0.3 is 20.4 Å². The molecule has 3 N–H and O–H groups in total. The van der Waals surface area contributed by atoms with Crippen LogP contribution in [0.5, 0.6) is 5.88 Å². The maximum absolute atomic E-state index is 5.89. The summed E-state index contributed by atoms with van der Waals surface area (Å²) in [5, 5.41) is 6.72. The van der Waals surface area contributed by atoms with E-state index in [0.29, 0.717) is 17.7 Å². The number of aromatic amines is 1. The zero-order valence-electron chi connectivity index (χ0n) is 20.1. The second-order valence-corrected chi connectivity index (χ2v) is 9.37. The van der Waals surface area contributed by atoms with Crippen LogP contribution in [-0.4, -0.2) is 62.6 Å². The lowest BCUT2D eigenvalue weighted by molar-refractivity contribution is 0.175. The van der Waals surface area contributed by atoms with Crippen LogP contribution in [0.25, 0.3) is 22.3 Å². The predicted molar refractivity (Wildman–Crippen MR) is 143 cm³/mol. The minimum atomic E-state index is 0. The van der Waals surface area contributed by atoms with E-state index in [2.05, 4.69) is 58.7 Å². The first-order chi connectivity index (χ1) is 17.3. The van der Waals surface area contributed by atoms with E-state index in [1.807, 2.05) is 24.4 Å². The molecule has 1 aliphatic carbocycles. The third-order valence-corrected chi connectivity index (χ3v) is 6.80. The van der Waals surface area contributed by atoms with Gasteiger partial charge in [-0.1, -0.05) is 12.5 Å². The fourth-order valence-electron chi connectivity index (χ4n) is 4.56. The minimum Gasteiger partial charge on any atom is -0.477 e. The number of rotatable bonds is 8. The Bertz CT molecular complexity index is 1300. The van der Waals surface area contributed by atoms with Gasteiger partial charge in [0.25, 0.3) is 0 Å². The first kappa shape index (κ1) is 24.4. The van der Waals surface area contributed by atoms with Gasteiger partial charge in [0.05, 0.1) is 23.3 Å². The molecule has 1 aromatic carbocycles. The van der Waals surface area contributed by atoms with Crippen molar-refractivity contribution >= 4 is 35.2 Å². The number of pyridine rings is 1. The normalized spacial score (nSPS) is 16.3. The molecule has 188 valence electrons. The highest BCUT2D eigenvalue weighted by Crippen LogP contribution is 2.28.